The van der Waals surface area contributed by atoms with Gasteiger partial charge in [-0.25, -0.2) is 4.68 Å². The lowest BCUT2D eigenvalue weighted by molar-refractivity contribution is 0.0927. The number of nitrogens with one attached hydrogen (secondary N) is 1. The van der Waals surface area contributed by atoms with Gasteiger partial charge in [-0.2, -0.15) is 5.10 Å². The lowest BCUT2D eigenvalue weighted by Crippen LogP contribution is -2.31. The normalized spacial score (nSPS) is 12.1. The molecular weight excluding hydrogens is 380 g/mol. The van der Waals surface area contributed by atoms with Crippen molar-refractivity contribution in [2.24, 2.45) is 5.92 Å². The van der Waals surface area contributed by atoms with Gasteiger partial charge in [0, 0.05) is 29.0 Å². The van der Waals surface area contributed by atoms with Gasteiger partial charge in [0.05, 0.1) is 17.3 Å². The molecule has 1 amide bonds. The molecule has 0 radical (unpaired) electrons. The zero-order valence-electron chi connectivity index (χ0n) is 16.3. The summed E-state index contributed by atoms with van der Waals surface area (Å²) in [4.78, 5) is 18.7. The Morgan fingerprint density at radius 1 is 1.07 bits per heavy atom. The molecule has 0 aliphatic carbocycles. The zero-order chi connectivity index (χ0) is 20.2. The van der Waals surface area contributed by atoms with Crippen LogP contribution < -0.4 is 5.32 Å². The van der Waals surface area contributed by atoms with Crippen LogP contribution >= 0.6 is 11.3 Å². The van der Waals surface area contributed by atoms with Gasteiger partial charge in [0.1, 0.15) is 5.69 Å². The Bertz CT molecular complexity index is 1070. The summed E-state index contributed by atoms with van der Waals surface area (Å²) in [6.45, 7) is 4.22. The van der Waals surface area contributed by atoms with E-state index < -0.39 is 0 Å². The van der Waals surface area contributed by atoms with Crippen LogP contribution in [0.2, 0.25) is 0 Å². The van der Waals surface area contributed by atoms with E-state index in [0.29, 0.717) is 11.3 Å². The molecule has 0 unspecified atom stereocenters. The Labute approximate surface area is 174 Å². The highest BCUT2D eigenvalue weighted by Gasteiger charge is 2.24. The molecule has 1 atom stereocenters. The molecule has 0 saturated carbocycles. The van der Waals surface area contributed by atoms with E-state index in [4.69, 9.17) is 5.10 Å². The largest absolute Gasteiger partial charge is 0.344 e. The number of aromatic nitrogens is 3. The molecule has 1 N–H and O–H groups in total. The number of nitrogens with zero attached hydrogens (tertiary/aromatic N) is 3. The minimum absolute atomic E-state index is 0.0516. The quantitative estimate of drug-likeness (QED) is 0.487. The first-order chi connectivity index (χ1) is 14.1. The van der Waals surface area contributed by atoms with Gasteiger partial charge in [-0.15, -0.1) is 11.3 Å². The van der Waals surface area contributed by atoms with E-state index in [9.17, 15) is 4.79 Å². The fourth-order valence-corrected chi connectivity index (χ4v) is 4.17. The number of carbonyl (C=O) groups is 1. The molecule has 0 bridgehead atoms. The molecule has 3 heterocycles. The molecule has 3 aromatic heterocycles. The van der Waals surface area contributed by atoms with Gasteiger partial charge in [0.2, 0.25) is 0 Å². The Balaban J connectivity index is 1.73. The molecule has 0 aliphatic rings. The van der Waals surface area contributed by atoms with Crippen LogP contribution in [0.4, 0.5) is 0 Å². The highest BCUT2D eigenvalue weighted by Crippen LogP contribution is 2.28. The number of pyridine rings is 1. The average molecular weight is 403 g/mol. The minimum Gasteiger partial charge on any atom is -0.344 e. The second-order valence-corrected chi connectivity index (χ2v) is 8.10. The summed E-state index contributed by atoms with van der Waals surface area (Å²) in [6, 6.07) is 17.6. The third kappa shape index (κ3) is 4.12. The second-order valence-electron chi connectivity index (χ2n) is 7.12. The van der Waals surface area contributed by atoms with E-state index in [0.717, 1.165) is 16.1 Å². The third-order valence-corrected chi connectivity index (χ3v) is 5.67. The van der Waals surface area contributed by atoms with Crippen molar-refractivity contribution in [2.45, 2.75) is 19.9 Å². The Kier molecular flexibility index (Phi) is 5.53. The molecule has 6 heteroatoms. The molecule has 4 aromatic rings. The van der Waals surface area contributed by atoms with Gasteiger partial charge in [0.25, 0.3) is 5.91 Å². The fraction of sp³-hybridized carbons (Fsp3) is 0.174. The van der Waals surface area contributed by atoms with Crippen LogP contribution in [0.3, 0.4) is 0 Å². The average Bonchev–Trinajstić information content (AvgIpc) is 3.43. The molecule has 29 heavy (non-hydrogen) atoms. The number of hydrogen-bond donors (Lipinski definition) is 1. The fourth-order valence-electron chi connectivity index (χ4n) is 3.22. The van der Waals surface area contributed by atoms with Gasteiger partial charge < -0.3 is 5.32 Å². The first-order valence-electron chi connectivity index (χ1n) is 9.53. The number of para-hydroxylation sites is 1. The number of carbonyl (C=O) groups excluding carboxylic acids is 1. The maximum atomic E-state index is 13.3. The van der Waals surface area contributed by atoms with Crippen molar-refractivity contribution >= 4 is 17.2 Å². The van der Waals surface area contributed by atoms with Crippen LogP contribution in [0.15, 0.2) is 78.6 Å². The van der Waals surface area contributed by atoms with Crippen LogP contribution in [0.1, 0.15) is 35.1 Å². The van der Waals surface area contributed by atoms with E-state index in [1.807, 2.05) is 53.9 Å². The van der Waals surface area contributed by atoms with E-state index in [1.165, 1.54) is 0 Å². The summed E-state index contributed by atoms with van der Waals surface area (Å²) < 4.78 is 1.74. The van der Waals surface area contributed by atoms with Crippen LogP contribution in [-0.2, 0) is 0 Å². The predicted octanol–water partition coefficient (Wildman–Crippen LogP) is 5.12. The number of amides is 1. The van der Waals surface area contributed by atoms with Gasteiger partial charge in [-0.3, -0.25) is 9.78 Å². The first kappa shape index (κ1) is 19.1. The van der Waals surface area contributed by atoms with Crippen molar-refractivity contribution in [3.05, 3.63) is 89.0 Å². The van der Waals surface area contributed by atoms with E-state index >= 15 is 0 Å². The molecule has 0 aliphatic heterocycles. The summed E-state index contributed by atoms with van der Waals surface area (Å²) in [5.74, 6) is 0.127. The smallest absolute Gasteiger partial charge is 0.255 e. The maximum Gasteiger partial charge on any atom is 0.255 e. The van der Waals surface area contributed by atoms with Crippen molar-refractivity contribution < 1.29 is 4.79 Å². The summed E-state index contributed by atoms with van der Waals surface area (Å²) in [7, 11) is 0. The first-order valence-corrected chi connectivity index (χ1v) is 10.4. The van der Waals surface area contributed by atoms with Crippen molar-refractivity contribution in [3.8, 4) is 16.9 Å². The number of thiophene rings is 1. The highest BCUT2D eigenvalue weighted by atomic mass is 32.1. The lowest BCUT2D eigenvalue weighted by atomic mass is 10.0. The topological polar surface area (TPSA) is 59.8 Å². The van der Waals surface area contributed by atoms with E-state index in [-0.39, 0.29) is 17.9 Å². The SMILES string of the molecule is CC(C)[C@H](NC(=O)c1cn(-c2ccccc2)nc1-c1cccnc1)c1cccs1. The maximum absolute atomic E-state index is 13.3. The second kappa shape index (κ2) is 8.41. The predicted molar refractivity (Wildman–Crippen MR) is 116 cm³/mol. The zero-order valence-corrected chi connectivity index (χ0v) is 17.1. The standard InChI is InChI=1S/C23H22N4OS/c1-16(2)21(20-11-7-13-29-20)25-23(28)19-15-27(18-9-4-3-5-10-18)26-22(19)17-8-6-12-24-14-17/h3-16,21H,1-2H3,(H,25,28)/t21-/m0/s1. The van der Waals surface area contributed by atoms with Crippen molar-refractivity contribution in [1.29, 1.82) is 0 Å². The highest BCUT2D eigenvalue weighted by molar-refractivity contribution is 7.10. The molecule has 0 saturated heterocycles. The van der Waals surface area contributed by atoms with Crippen molar-refractivity contribution in [1.82, 2.24) is 20.1 Å². The van der Waals surface area contributed by atoms with Crippen LogP contribution in [0.5, 0.6) is 0 Å². The molecule has 5 nitrogen and oxygen atoms in total. The summed E-state index contributed by atoms with van der Waals surface area (Å²) in [5, 5.41) is 9.95. The van der Waals surface area contributed by atoms with Gasteiger partial charge in [0.15, 0.2) is 0 Å². The van der Waals surface area contributed by atoms with Crippen molar-refractivity contribution in [3.63, 3.8) is 0 Å². The van der Waals surface area contributed by atoms with Crippen LogP contribution in [0.25, 0.3) is 16.9 Å². The summed E-state index contributed by atoms with van der Waals surface area (Å²) in [6.07, 6.45) is 5.23. The molecule has 0 spiro atoms. The third-order valence-electron chi connectivity index (χ3n) is 4.72. The van der Waals surface area contributed by atoms with Gasteiger partial charge in [-0.05, 0) is 41.6 Å². The summed E-state index contributed by atoms with van der Waals surface area (Å²) in [5.41, 5.74) is 2.86. The van der Waals surface area contributed by atoms with Gasteiger partial charge in [-0.1, -0.05) is 38.1 Å². The Morgan fingerprint density at radius 3 is 2.55 bits per heavy atom. The van der Waals surface area contributed by atoms with Crippen LogP contribution in [-0.4, -0.2) is 20.7 Å². The molecular formula is C23H22N4OS. The molecule has 0 fully saturated rings. The molecule has 1 aromatic carbocycles. The molecule has 4 rings (SSSR count). The Hall–Kier alpha value is -3.25. The van der Waals surface area contributed by atoms with E-state index in [2.05, 4.69) is 30.2 Å². The van der Waals surface area contributed by atoms with Crippen LogP contribution in [0, 0.1) is 5.92 Å². The number of rotatable bonds is 6. The van der Waals surface area contributed by atoms with Crippen molar-refractivity contribution in [2.75, 3.05) is 0 Å². The monoisotopic (exact) mass is 402 g/mol. The molecule has 146 valence electrons. The minimum atomic E-state index is -0.141. The van der Waals surface area contributed by atoms with Gasteiger partial charge >= 0.3 is 0 Å². The number of hydrogen-bond acceptors (Lipinski definition) is 4. The lowest BCUT2D eigenvalue weighted by Gasteiger charge is -2.21. The summed E-state index contributed by atoms with van der Waals surface area (Å²) >= 11 is 1.65. The Morgan fingerprint density at radius 2 is 1.90 bits per heavy atom. The van der Waals surface area contributed by atoms with E-state index in [1.54, 1.807) is 34.6 Å². The number of benzene rings is 1.